The zero-order valence-electron chi connectivity index (χ0n) is 18.7. The van der Waals surface area contributed by atoms with E-state index in [4.69, 9.17) is 0 Å². The molecule has 2 aromatic heterocycles. The van der Waals surface area contributed by atoms with E-state index < -0.39 is 5.41 Å². The van der Waals surface area contributed by atoms with Gasteiger partial charge in [0.05, 0.1) is 16.7 Å². The van der Waals surface area contributed by atoms with Crippen molar-refractivity contribution in [2.45, 2.75) is 33.6 Å². The van der Waals surface area contributed by atoms with Gasteiger partial charge >= 0.3 is 0 Å². The van der Waals surface area contributed by atoms with Gasteiger partial charge < -0.3 is 10.2 Å². The fourth-order valence-corrected chi connectivity index (χ4v) is 5.12. The minimum Gasteiger partial charge on any atom is -0.356 e. The van der Waals surface area contributed by atoms with Crippen LogP contribution in [0.3, 0.4) is 0 Å². The van der Waals surface area contributed by atoms with Crippen molar-refractivity contribution < 1.29 is 9.59 Å². The van der Waals surface area contributed by atoms with Crippen molar-refractivity contribution in [2.75, 3.05) is 19.6 Å². The van der Waals surface area contributed by atoms with Crippen LogP contribution in [0, 0.1) is 19.3 Å². The van der Waals surface area contributed by atoms with Crippen molar-refractivity contribution in [1.29, 1.82) is 0 Å². The van der Waals surface area contributed by atoms with Crippen molar-refractivity contribution in [1.82, 2.24) is 20.2 Å². The second-order valence-corrected chi connectivity index (χ2v) is 9.33. The molecule has 0 unspecified atom stereocenters. The van der Waals surface area contributed by atoms with Crippen LogP contribution in [-0.4, -0.2) is 46.3 Å². The fourth-order valence-electron chi connectivity index (χ4n) is 4.39. The van der Waals surface area contributed by atoms with E-state index in [9.17, 15) is 9.59 Å². The topological polar surface area (TPSA) is 75.2 Å². The van der Waals surface area contributed by atoms with Crippen LogP contribution in [0.15, 0.2) is 48.0 Å². The molecule has 1 atom stereocenters. The van der Waals surface area contributed by atoms with E-state index in [1.807, 2.05) is 19.9 Å². The van der Waals surface area contributed by atoms with Gasteiger partial charge in [-0.25, -0.2) is 9.97 Å². The lowest BCUT2D eigenvalue weighted by Crippen LogP contribution is -2.45. The molecule has 0 spiro atoms. The summed E-state index contributed by atoms with van der Waals surface area (Å²) in [6.45, 7) is 7.04. The molecule has 3 aromatic rings. The summed E-state index contributed by atoms with van der Waals surface area (Å²) in [5.41, 5.74) is 2.80. The SMILES string of the molecule is CCNC(=O)[C@@]1(Cc2ccc(-c3cccs3)cc2)CCN(C(=O)c2cnc(C)nc2C)C1. The molecule has 1 aliphatic heterocycles. The van der Waals surface area contributed by atoms with Crippen LogP contribution in [0.25, 0.3) is 10.4 Å². The van der Waals surface area contributed by atoms with Gasteiger partial charge in [-0.3, -0.25) is 9.59 Å². The monoisotopic (exact) mass is 448 g/mol. The number of thiophene rings is 1. The van der Waals surface area contributed by atoms with E-state index in [0.717, 1.165) is 5.56 Å². The number of rotatable bonds is 6. The molecule has 6 nitrogen and oxygen atoms in total. The van der Waals surface area contributed by atoms with Gasteiger partial charge in [-0.15, -0.1) is 11.3 Å². The highest BCUT2D eigenvalue weighted by Crippen LogP contribution is 2.36. The summed E-state index contributed by atoms with van der Waals surface area (Å²) < 4.78 is 0. The number of carbonyl (C=O) groups excluding carboxylic acids is 2. The van der Waals surface area contributed by atoms with Crippen LogP contribution in [0.2, 0.25) is 0 Å². The van der Waals surface area contributed by atoms with Crippen molar-refractivity contribution in [2.24, 2.45) is 5.41 Å². The number of aromatic nitrogens is 2. The van der Waals surface area contributed by atoms with Gasteiger partial charge in [-0.1, -0.05) is 30.3 Å². The Bertz CT molecular complexity index is 1110. The van der Waals surface area contributed by atoms with Crippen molar-refractivity contribution in [3.63, 3.8) is 0 Å². The van der Waals surface area contributed by atoms with E-state index in [0.29, 0.717) is 49.6 Å². The van der Waals surface area contributed by atoms with Crippen LogP contribution < -0.4 is 5.32 Å². The molecule has 32 heavy (non-hydrogen) atoms. The number of nitrogens with zero attached hydrogens (tertiary/aromatic N) is 3. The quantitative estimate of drug-likeness (QED) is 0.618. The summed E-state index contributed by atoms with van der Waals surface area (Å²) in [5, 5.41) is 5.07. The van der Waals surface area contributed by atoms with Crippen molar-refractivity contribution in [3.05, 3.63) is 70.6 Å². The molecule has 1 N–H and O–H groups in total. The lowest BCUT2D eigenvalue weighted by atomic mass is 9.79. The number of nitrogens with one attached hydrogen (secondary N) is 1. The number of likely N-dealkylation sites (tertiary alicyclic amines) is 1. The van der Waals surface area contributed by atoms with Crippen molar-refractivity contribution >= 4 is 23.2 Å². The first kappa shape index (κ1) is 22.1. The Morgan fingerprint density at radius 3 is 2.62 bits per heavy atom. The predicted molar refractivity (Wildman–Crippen MR) is 127 cm³/mol. The maximum absolute atomic E-state index is 13.2. The number of carbonyl (C=O) groups is 2. The predicted octanol–water partition coefficient (Wildman–Crippen LogP) is 4.03. The van der Waals surface area contributed by atoms with Crippen LogP contribution >= 0.6 is 11.3 Å². The maximum atomic E-state index is 13.2. The molecule has 4 rings (SSSR count). The van der Waals surface area contributed by atoms with Gasteiger partial charge in [-0.05, 0) is 56.2 Å². The van der Waals surface area contributed by atoms with E-state index in [-0.39, 0.29) is 11.8 Å². The van der Waals surface area contributed by atoms with Crippen LogP contribution in [-0.2, 0) is 11.2 Å². The lowest BCUT2D eigenvalue weighted by molar-refractivity contribution is -0.130. The average molecular weight is 449 g/mol. The first-order valence-corrected chi connectivity index (χ1v) is 11.8. The second-order valence-electron chi connectivity index (χ2n) is 8.38. The third-order valence-corrected chi connectivity index (χ3v) is 7.01. The number of hydrogen-bond acceptors (Lipinski definition) is 5. The molecule has 0 saturated carbocycles. The molecule has 0 radical (unpaired) electrons. The van der Waals surface area contributed by atoms with Crippen LogP contribution in [0.5, 0.6) is 0 Å². The normalized spacial score (nSPS) is 18.0. The van der Waals surface area contributed by atoms with Gasteiger partial charge in [0.15, 0.2) is 0 Å². The molecule has 1 fully saturated rings. The Balaban J connectivity index is 1.56. The molecule has 1 aliphatic rings. The first-order valence-electron chi connectivity index (χ1n) is 10.9. The average Bonchev–Trinajstić information content (AvgIpc) is 3.45. The highest BCUT2D eigenvalue weighted by Gasteiger charge is 2.46. The van der Waals surface area contributed by atoms with Gasteiger partial charge in [0.25, 0.3) is 5.91 Å². The van der Waals surface area contributed by atoms with E-state index in [1.54, 1.807) is 29.4 Å². The Hall–Kier alpha value is -3.06. The number of benzene rings is 1. The maximum Gasteiger partial charge on any atom is 0.257 e. The smallest absolute Gasteiger partial charge is 0.257 e. The van der Waals surface area contributed by atoms with Gasteiger partial charge in [0.2, 0.25) is 5.91 Å². The van der Waals surface area contributed by atoms with Gasteiger partial charge in [0.1, 0.15) is 5.82 Å². The summed E-state index contributed by atoms with van der Waals surface area (Å²) in [7, 11) is 0. The summed E-state index contributed by atoms with van der Waals surface area (Å²) in [6, 6.07) is 12.6. The minimum atomic E-state index is -0.643. The first-order chi connectivity index (χ1) is 15.4. The van der Waals surface area contributed by atoms with Gasteiger partial charge in [-0.2, -0.15) is 0 Å². The third kappa shape index (κ3) is 4.43. The summed E-state index contributed by atoms with van der Waals surface area (Å²) in [4.78, 5) is 37.9. The molecule has 3 heterocycles. The summed E-state index contributed by atoms with van der Waals surface area (Å²) >= 11 is 1.71. The standard InChI is InChI=1S/C25H28N4O2S/c1-4-26-24(31)25(14-19-7-9-20(10-8-19)22-6-5-13-32-22)11-12-29(16-25)23(30)21-15-27-18(3)28-17(21)2/h5-10,13,15H,4,11-12,14,16H2,1-3H3,(H,26,31)/t25-/m1/s1. The van der Waals surface area contributed by atoms with Crippen LogP contribution in [0.4, 0.5) is 0 Å². The van der Waals surface area contributed by atoms with E-state index >= 15 is 0 Å². The Labute approximate surface area is 192 Å². The Morgan fingerprint density at radius 1 is 1.19 bits per heavy atom. The third-order valence-electron chi connectivity index (χ3n) is 6.09. The largest absolute Gasteiger partial charge is 0.356 e. The molecule has 0 aliphatic carbocycles. The second kappa shape index (κ2) is 9.20. The van der Waals surface area contributed by atoms with Crippen molar-refractivity contribution in [3.8, 4) is 10.4 Å². The van der Waals surface area contributed by atoms with E-state index in [2.05, 4.69) is 51.0 Å². The number of aryl methyl sites for hydroxylation is 2. The Kier molecular flexibility index (Phi) is 6.37. The lowest BCUT2D eigenvalue weighted by Gasteiger charge is -2.28. The fraction of sp³-hybridized carbons (Fsp3) is 0.360. The summed E-state index contributed by atoms with van der Waals surface area (Å²) in [5.74, 6) is 0.541. The molecule has 2 amide bonds. The number of hydrogen-bond donors (Lipinski definition) is 1. The number of amides is 2. The molecule has 1 aromatic carbocycles. The molecule has 0 bridgehead atoms. The molecular weight excluding hydrogens is 420 g/mol. The molecule has 166 valence electrons. The summed E-state index contributed by atoms with van der Waals surface area (Å²) in [6.07, 6.45) is 2.81. The highest BCUT2D eigenvalue weighted by atomic mass is 32.1. The molecular formula is C25H28N4O2S. The van der Waals surface area contributed by atoms with Crippen LogP contribution in [0.1, 0.15) is 40.8 Å². The Morgan fingerprint density at radius 2 is 1.97 bits per heavy atom. The van der Waals surface area contributed by atoms with Gasteiger partial charge in [0, 0.05) is 30.7 Å². The zero-order chi connectivity index (χ0) is 22.7. The van der Waals surface area contributed by atoms with E-state index in [1.165, 1.54) is 10.4 Å². The zero-order valence-corrected chi connectivity index (χ0v) is 19.5. The molecule has 1 saturated heterocycles. The minimum absolute atomic E-state index is 0.00881. The molecule has 7 heteroatoms. The highest BCUT2D eigenvalue weighted by molar-refractivity contribution is 7.13.